The highest BCUT2D eigenvalue weighted by Crippen LogP contribution is 2.16. The number of benzene rings is 1. The maximum atomic E-state index is 12.1. The number of amides is 1. The van der Waals surface area contributed by atoms with E-state index in [-0.39, 0.29) is 11.9 Å². The fourth-order valence-corrected chi connectivity index (χ4v) is 2.27. The standard InChI is InChI=1S/C19H23N3O3/c1-3-4-5-11-21-18(23)15-10-12-20-17(13-15)22-16-8-6-14(7-9-16)19(24)25-2/h6-10,12-13H,3-5,11H2,1-2H3,(H,20,22)(H,21,23). The van der Waals surface area contributed by atoms with Crippen molar-refractivity contribution in [1.29, 1.82) is 0 Å². The average molecular weight is 341 g/mol. The lowest BCUT2D eigenvalue weighted by molar-refractivity contribution is 0.0600. The average Bonchev–Trinajstić information content (AvgIpc) is 2.65. The first-order valence-electron chi connectivity index (χ1n) is 8.33. The Labute approximate surface area is 147 Å². The van der Waals surface area contributed by atoms with Crippen molar-refractivity contribution < 1.29 is 14.3 Å². The molecule has 0 radical (unpaired) electrons. The van der Waals surface area contributed by atoms with Crippen LogP contribution in [-0.2, 0) is 4.74 Å². The van der Waals surface area contributed by atoms with Gasteiger partial charge in [0.1, 0.15) is 5.82 Å². The fraction of sp³-hybridized carbons (Fsp3) is 0.316. The van der Waals surface area contributed by atoms with Gasteiger partial charge in [0.15, 0.2) is 0 Å². The van der Waals surface area contributed by atoms with E-state index in [0.717, 1.165) is 24.9 Å². The number of methoxy groups -OCH3 is 1. The number of anilines is 2. The highest BCUT2D eigenvalue weighted by molar-refractivity contribution is 5.95. The Kier molecular flexibility index (Phi) is 6.95. The molecule has 0 unspecified atom stereocenters. The molecule has 0 spiro atoms. The molecule has 0 bridgehead atoms. The lowest BCUT2D eigenvalue weighted by Crippen LogP contribution is -2.24. The SMILES string of the molecule is CCCCCNC(=O)c1ccnc(Nc2ccc(C(=O)OC)cc2)c1. The van der Waals surface area contributed by atoms with E-state index in [1.165, 1.54) is 7.11 Å². The Bertz CT molecular complexity index is 714. The zero-order chi connectivity index (χ0) is 18.1. The fourth-order valence-electron chi connectivity index (χ4n) is 2.27. The topological polar surface area (TPSA) is 80.3 Å². The van der Waals surface area contributed by atoms with E-state index in [2.05, 4.69) is 27.3 Å². The number of nitrogens with zero attached hydrogens (tertiary/aromatic N) is 1. The summed E-state index contributed by atoms with van der Waals surface area (Å²) in [5, 5.41) is 6.02. The van der Waals surface area contributed by atoms with Crippen molar-refractivity contribution in [3.8, 4) is 0 Å². The molecule has 1 aromatic heterocycles. The number of nitrogens with one attached hydrogen (secondary N) is 2. The van der Waals surface area contributed by atoms with Crippen molar-refractivity contribution in [3.63, 3.8) is 0 Å². The molecule has 0 fully saturated rings. The van der Waals surface area contributed by atoms with Crippen LogP contribution in [-0.4, -0.2) is 30.5 Å². The van der Waals surface area contributed by atoms with Gasteiger partial charge in [0, 0.05) is 24.0 Å². The van der Waals surface area contributed by atoms with Crippen molar-refractivity contribution in [2.45, 2.75) is 26.2 Å². The third kappa shape index (κ3) is 5.60. The molecule has 1 heterocycles. The normalized spacial score (nSPS) is 10.2. The number of aromatic nitrogens is 1. The molecule has 2 rings (SSSR count). The Hall–Kier alpha value is -2.89. The zero-order valence-corrected chi connectivity index (χ0v) is 14.5. The summed E-state index contributed by atoms with van der Waals surface area (Å²) in [5.74, 6) is 0.0704. The molecule has 0 aliphatic rings. The molecule has 2 N–H and O–H groups in total. The highest BCUT2D eigenvalue weighted by Gasteiger charge is 2.08. The van der Waals surface area contributed by atoms with Crippen LogP contribution < -0.4 is 10.6 Å². The number of ether oxygens (including phenoxy) is 1. The molecule has 0 atom stereocenters. The molecule has 0 aliphatic carbocycles. The van der Waals surface area contributed by atoms with Gasteiger partial charge in [-0.25, -0.2) is 9.78 Å². The molecule has 2 aromatic rings. The molecule has 0 aliphatic heterocycles. The van der Waals surface area contributed by atoms with Gasteiger partial charge < -0.3 is 15.4 Å². The number of hydrogen-bond donors (Lipinski definition) is 2. The van der Waals surface area contributed by atoms with E-state index in [1.807, 2.05) is 0 Å². The predicted octanol–water partition coefficient (Wildman–Crippen LogP) is 3.53. The number of carbonyl (C=O) groups is 2. The molecule has 0 saturated heterocycles. The third-order valence-corrected chi connectivity index (χ3v) is 3.67. The van der Waals surface area contributed by atoms with E-state index in [9.17, 15) is 9.59 Å². The largest absolute Gasteiger partial charge is 0.465 e. The number of esters is 1. The summed E-state index contributed by atoms with van der Waals surface area (Å²) in [6.07, 6.45) is 4.79. The number of pyridine rings is 1. The first kappa shape index (κ1) is 18.4. The Morgan fingerprint density at radius 1 is 1.08 bits per heavy atom. The van der Waals surface area contributed by atoms with Gasteiger partial charge in [-0.3, -0.25) is 4.79 Å². The van der Waals surface area contributed by atoms with Gasteiger partial charge >= 0.3 is 5.97 Å². The maximum Gasteiger partial charge on any atom is 0.337 e. The summed E-state index contributed by atoms with van der Waals surface area (Å²) in [7, 11) is 1.34. The van der Waals surface area contributed by atoms with Crippen LogP contribution >= 0.6 is 0 Å². The van der Waals surface area contributed by atoms with Crippen LogP contribution in [0.5, 0.6) is 0 Å². The van der Waals surface area contributed by atoms with E-state index in [1.54, 1.807) is 42.6 Å². The van der Waals surface area contributed by atoms with Crippen molar-refractivity contribution in [2.24, 2.45) is 0 Å². The van der Waals surface area contributed by atoms with Crippen molar-refractivity contribution in [1.82, 2.24) is 10.3 Å². The van der Waals surface area contributed by atoms with Crippen LogP contribution in [0.1, 0.15) is 46.9 Å². The number of rotatable bonds is 8. The first-order valence-corrected chi connectivity index (χ1v) is 8.33. The number of hydrogen-bond acceptors (Lipinski definition) is 5. The van der Waals surface area contributed by atoms with Crippen molar-refractivity contribution >= 4 is 23.4 Å². The number of unbranched alkanes of at least 4 members (excludes halogenated alkanes) is 2. The van der Waals surface area contributed by atoms with Crippen LogP contribution in [0.25, 0.3) is 0 Å². The molecule has 1 aromatic carbocycles. The van der Waals surface area contributed by atoms with E-state index < -0.39 is 0 Å². The summed E-state index contributed by atoms with van der Waals surface area (Å²) < 4.78 is 4.67. The zero-order valence-electron chi connectivity index (χ0n) is 14.5. The second-order valence-corrected chi connectivity index (χ2v) is 5.59. The minimum atomic E-state index is -0.383. The summed E-state index contributed by atoms with van der Waals surface area (Å²) in [6.45, 7) is 2.80. The third-order valence-electron chi connectivity index (χ3n) is 3.67. The minimum absolute atomic E-state index is 0.109. The predicted molar refractivity (Wildman–Crippen MR) is 97.2 cm³/mol. The van der Waals surface area contributed by atoms with Gasteiger partial charge in [-0.1, -0.05) is 19.8 Å². The van der Waals surface area contributed by atoms with Gasteiger partial charge in [-0.05, 0) is 42.8 Å². The monoisotopic (exact) mass is 341 g/mol. The molecule has 1 amide bonds. The number of carbonyl (C=O) groups excluding carboxylic acids is 2. The molecule has 6 nitrogen and oxygen atoms in total. The summed E-state index contributed by atoms with van der Waals surface area (Å²) >= 11 is 0. The van der Waals surface area contributed by atoms with Crippen LogP contribution in [0.3, 0.4) is 0 Å². The van der Waals surface area contributed by atoms with Crippen molar-refractivity contribution in [3.05, 3.63) is 53.7 Å². The summed E-state index contributed by atoms with van der Waals surface area (Å²) in [6, 6.07) is 10.2. The molecule has 25 heavy (non-hydrogen) atoms. The van der Waals surface area contributed by atoms with Crippen LogP contribution in [0.4, 0.5) is 11.5 Å². The maximum absolute atomic E-state index is 12.1. The van der Waals surface area contributed by atoms with Gasteiger partial charge in [0.25, 0.3) is 5.91 Å². The minimum Gasteiger partial charge on any atom is -0.465 e. The Morgan fingerprint density at radius 2 is 1.84 bits per heavy atom. The molecular formula is C19H23N3O3. The molecule has 132 valence electrons. The molecular weight excluding hydrogens is 318 g/mol. The van der Waals surface area contributed by atoms with Gasteiger partial charge in [0.05, 0.1) is 12.7 Å². The van der Waals surface area contributed by atoms with Crippen LogP contribution in [0, 0.1) is 0 Å². The van der Waals surface area contributed by atoms with E-state index in [0.29, 0.717) is 23.5 Å². The van der Waals surface area contributed by atoms with E-state index in [4.69, 9.17) is 0 Å². The summed E-state index contributed by atoms with van der Waals surface area (Å²) in [5.41, 5.74) is 1.79. The summed E-state index contributed by atoms with van der Waals surface area (Å²) in [4.78, 5) is 27.8. The lowest BCUT2D eigenvalue weighted by atomic mass is 10.2. The Balaban J connectivity index is 1.98. The second-order valence-electron chi connectivity index (χ2n) is 5.59. The molecule has 0 saturated carbocycles. The van der Waals surface area contributed by atoms with Gasteiger partial charge in [0.2, 0.25) is 0 Å². The molecule has 6 heteroatoms. The quantitative estimate of drug-likeness (QED) is 0.567. The highest BCUT2D eigenvalue weighted by atomic mass is 16.5. The van der Waals surface area contributed by atoms with Crippen LogP contribution in [0.15, 0.2) is 42.6 Å². The van der Waals surface area contributed by atoms with Gasteiger partial charge in [-0.15, -0.1) is 0 Å². The Morgan fingerprint density at radius 3 is 2.52 bits per heavy atom. The first-order chi connectivity index (χ1) is 12.1. The van der Waals surface area contributed by atoms with E-state index >= 15 is 0 Å². The lowest BCUT2D eigenvalue weighted by Gasteiger charge is -2.09. The van der Waals surface area contributed by atoms with Crippen LogP contribution in [0.2, 0.25) is 0 Å². The van der Waals surface area contributed by atoms with Gasteiger partial charge in [-0.2, -0.15) is 0 Å². The second kappa shape index (κ2) is 9.42. The smallest absolute Gasteiger partial charge is 0.337 e. The van der Waals surface area contributed by atoms with Crippen molar-refractivity contribution in [2.75, 3.05) is 19.0 Å².